The van der Waals surface area contributed by atoms with Crippen molar-refractivity contribution in [1.29, 1.82) is 0 Å². The van der Waals surface area contributed by atoms with Crippen LogP contribution >= 0.6 is 0 Å². The van der Waals surface area contributed by atoms with E-state index in [4.69, 9.17) is 0 Å². The molecule has 0 bridgehead atoms. The molecule has 0 spiro atoms. The SMILES string of the molecule is CCNC1CC(C)CC(C)C1n1ccnc1C(C)C. The van der Waals surface area contributed by atoms with Crippen LogP contribution in [-0.2, 0) is 0 Å². The maximum absolute atomic E-state index is 4.57. The zero-order valence-electron chi connectivity index (χ0n) is 13.1. The smallest absolute Gasteiger partial charge is 0.111 e. The van der Waals surface area contributed by atoms with Crippen molar-refractivity contribution in [2.45, 2.75) is 65.5 Å². The van der Waals surface area contributed by atoms with E-state index in [0.29, 0.717) is 23.9 Å². The van der Waals surface area contributed by atoms with Gasteiger partial charge < -0.3 is 9.88 Å². The molecule has 1 aliphatic rings. The summed E-state index contributed by atoms with van der Waals surface area (Å²) in [6, 6.07) is 1.13. The highest BCUT2D eigenvalue weighted by Gasteiger charge is 2.35. The standard InChI is InChI=1S/C16H29N3/c1-6-17-14-10-12(4)9-13(5)15(14)19-8-7-18-16(19)11(2)3/h7-8,11-15,17H,6,9-10H2,1-5H3. The molecule has 3 nitrogen and oxygen atoms in total. The number of imidazole rings is 1. The number of nitrogens with zero attached hydrogens (tertiary/aromatic N) is 2. The lowest BCUT2D eigenvalue weighted by atomic mass is 9.76. The van der Waals surface area contributed by atoms with Crippen LogP contribution in [-0.4, -0.2) is 22.1 Å². The number of likely N-dealkylation sites (N-methyl/N-ethyl adjacent to an activating group) is 1. The highest BCUT2D eigenvalue weighted by molar-refractivity contribution is 5.04. The minimum Gasteiger partial charge on any atom is -0.330 e. The van der Waals surface area contributed by atoms with Gasteiger partial charge in [0.05, 0.1) is 6.04 Å². The molecular formula is C16H29N3. The van der Waals surface area contributed by atoms with Crippen LogP contribution in [0.3, 0.4) is 0 Å². The second-order valence-electron chi connectivity index (χ2n) is 6.56. The van der Waals surface area contributed by atoms with Crippen LogP contribution in [0.25, 0.3) is 0 Å². The third-order valence-corrected chi connectivity index (χ3v) is 4.43. The van der Waals surface area contributed by atoms with Gasteiger partial charge in [-0.05, 0) is 31.2 Å². The maximum atomic E-state index is 4.57. The van der Waals surface area contributed by atoms with E-state index in [-0.39, 0.29) is 0 Å². The van der Waals surface area contributed by atoms with E-state index in [2.05, 4.69) is 55.7 Å². The van der Waals surface area contributed by atoms with Crippen molar-refractivity contribution in [2.75, 3.05) is 6.54 Å². The van der Waals surface area contributed by atoms with Gasteiger partial charge in [0.2, 0.25) is 0 Å². The van der Waals surface area contributed by atoms with Crippen LogP contribution in [0.15, 0.2) is 12.4 Å². The van der Waals surface area contributed by atoms with E-state index in [1.54, 1.807) is 0 Å². The van der Waals surface area contributed by atoms with E-state index in [1.165, 1.54) is 18.7 Å². The lowest BCUT2D eigenvalue weighted by Crippen LogP contribution is -2.45. The molecule has 1 heterocycles. The van der Waals surface area contributed by atoms with Crippen molar-refractivity contribution in [3.05, 3.63) is 18.2 Å². The Labute approximate surface area is 117 Å². The summed E-state index contributed by atoms with van der Waals surface area (Å²) in [5, 5.41) is 3.70. The van der Waals surface area contributed by atoms with Gasteiger partial charge in [0, 0.05) is 24.4 Å². The fourth-order valence-corrected chi connectivity index (χ4v) is 3.80. The molecule has 4 unspecified atom stereocenters. The minimum absolute atomic E-state index is 0.490. The lowest BCUT2D eigenvalue weighted by Gasteiger charge is -2.41. The quantitative estimate of drug-likeness (QED) is 0.899. The van der Waals surface area contributed by atoms with Crippen LogP contribution < -0.4 is 5.32 Å². The first-order valence-corrected chi connectivity index (χ1v) is 7.80. The van der Waals surface area contributed by atoms with Crippen molar-refractivity contribution in [1.82, 2.24) is 14.9 Å². The molecule has 1 aromatic rings. The Morgan fingerprint density at radius 1 is 1.37 bits per heavy atom. The molecule has 0 aliphatic heterocycles. The normalized spacial score (nSPS) is 31.9. The summed E-state index contributed by atoms with van der Waals surface area (Å²) in [6.45, 7) is 12.5. The van der Waals surface area contributed by atoms with Gasteiger partial charge in [0.15, 0.2) is 0 Å². The second-order valence-corrected chi connectivity index (χ2v) is 6.56. The predicted octanol–water partition coefficient (Wildman–Crippen LogP) is 3.59. The van der Waals surface area contributed by atoms with Gasteiger partial charge in [-0.2, -0.15) is 0 Å². The lowest BCUT2D eigenvalue weighted by molar-refractivity contribution is 0.151. The molecule has 4 atom stereocenters. The summed E-state index contributed by atoms with van der Waals surface area (Å²) in [7, 11) is 0. The van der Waals surface area contributed by atoms with Gasteiger partial charge in [-0.1, -0.05) is 34.6 Å². The summed E-state index contributed by atoms with van der Waals surface area (Å²) in [6.07, 6.45) is 6.74. The molecule has 3 heteroatoms. The van der Waals surface area contributed by atoms with Gasteiger partial charge in [-0.25, -0.2) is 4.98 Å². The van der Waals surface area contributed by atoms with E-state index in [1.807, 2.05) is 6.20 Å². The monoisotopic (exact) mass is 263 g/mol. The number of nitrogens with one attached hydrogen (secondary N) is 1. The molecule has 0 radical (unpaired) electrons. The zero-order chi connectivity index (χ0) is 14.0. The summed E-state index contributed by atoms with van der Waals surface area (Å²) in [4.78, 5) is 4.57. The zero-order valence-corrected chi connectivity index (χ0v) is 13.1. The van der Waals surface area contributed by atoms with E-state index < -0.39 is 0 Å². The molecule has 108 valence electrons. The van der Waals surface area contributed by atoms with Gasteiger partial charge in [0.25, 0.3) is 0 Å². The Balaban J connectivity index is 2.30. The van der Waals surface area contributed by atoms with Crippen LogP contribution in [0, 0.1) is 11.8 Å². The Morgan fingerprint density at radius 3 is 2.74 bits per heavy atom. The Kier molecular flexibility index (Phi) is 4.67. The van der Waals surface area contributed by atoms with Crippen molar-refractivity contribution < 1.29 is 0 Å². The molecule has 1 fully saturated rings. The summed E-state index contributed by atoms with van der Waals surface area (Å²) < 4.78 is 2.44. The molecular weight excluding hydrogens is 234 g/mol. The number of aromatic nitrogens is 2. The third kappa shape index (κ3) is 3.02. The number of hydrogen-bond donors (Lipinski definition) is 1. The van der Waals surface area contributed by atoms with E-state index >= 15 is 0 Å². The van der Waals surface area contributed by atoms with Crippen LogP contribution in [0.5, 0.6) is 0 Å². The molecule has 19 heavy (non-hydrogen) atoms. The van der Waals surface area contributed by atoms with Crippen molar-refractivity contribution in [2.24, 2.45) is 11.8 Å². The fraction of sp³-hybridized carbons (Fsp3) is 0.812. The van der Waals surface area contributed by atoms with E-state index in [9.17, 15) is 0 Å². The van der Waals surface area contributed by atoms with Crippen molar-refractivity contribution in [3.63, 3.8) is 0 Å². The van der Waals surface area contributed by atoms with Gasteiger partial charge in [-0.3, -0.25) is 0 Å². The van der Waals surface area contributed by atoms with Crippen LogP contribution in [0.2, 0.25) is 0 Å². The second kappa shape index (κ2) is 6.08. The molecule has 1 aromatic heterocycles. The molecule has 1 N–H and O–H groups in total. The molecule has 0 saturated heterocycles. The highest BCUT2D eigenvalue weighted by atomic mass is 15.1. The Morgan fingerprint density at radius 2 is 2.11 bits per heavy atom. The van der Waals surface area contributed by atoms with E-state index in [0.717, 1.165) is 12.5 Å². The first kappa shape index (κ1) is 14.6. The number of rotatable bonds is 4. The van der Waals surface area contributed by atoms with Crippen LogP contribution in [0.1, 0.15) is 65.2 Å². The molecule has 1 aliphatic carbocycles. The average Bonchev–Trinajstić information content (AvgIpc) is 2.77. The van der Waals surface area contributed by atoms with Crippen molar-refractivity contribution >= 4 is 0 Å². The van der Waals surface area contributed by atoms with Crippen LogP contribution in [0.4, 0.5) is 0 Å². The first-order valence-electron chi connectivity index (χ1n) is 7.80. The Bertz CT molecular complexity index is 396. The highest BCUT2D eigenvalue weighted by Crippen LogP contribution is 2.38. The number of hydrogen-bond acceptors (Lipinski definition) is 2. The first-order chi connectivity index (χ1) is 9.04. The third-order valence-electron chi connectivity index (χ3n) is 4.43. The minimum atomic E-state index is 0.490. The maximum Gasteiger partial charge on any atom is 0.111 e. The summed E-state index contributed by atoms with van der Waals surface area (Å²) in [5.74, 6) is 3.25. The predicted molar refractivity (Wildman–Crippen MR) is 80.4 cm³/mol. The van der Waals surface area contributed by atoms with Gasteiger partial charge in [0.1, 0.15) is 5.82 Å². The van der Waals surface area contributed by atoms with Gasteiger partial charge in [-0.15, -0.1) is 0 Å². The summed E-state index contributed by atoms with van der Waals surface area (Å²) in [5.41, 5.74) is 0. The van der Waals surface area contributed by atoms with Crippen molar-refractivity contribution in [3.8, 4) is 0 Å². The fourth-order valence-electron chi connectivity index (χ4n) is 3.80. The average molecular weight is 263 g/mol. The van der Waals surface area contributed by atoms with Gasteiger partial charge >= 0.3 is 0 Å². The molecule has 0 amide bonds. The largest absolute Gasteiger partial charge is 0.330 e. The summed E-state index contributed by atoms with van der Waals surface area (Å²) >= 11 is 0. The Hall–Kier alpha value is -0.830. The molecule has 2 rings (SSSR count). The topological polar surface area (TPSA) is 29.9 Å². The molecule has 0 aromatic carbocycles. The molecule has 1 saturated carbocycles.